The van der Waals surface area contributed by atoms with E-state index in [2.05, 4.69) is 4.98 Å². The van der Waals surface area contributed by atoms with Crippen LogP contribution in [0, 0.1) is 12.8 Å². The summed E-state index contributed by atoms with van der Waals surface area (Å²) in [5.41, 5.74) is 7.44. The van der Waals surface area contributed by atoms with Gasteiger partial charge in [-0.2, -0.15) is 0 Å². The number of aromatic nitrogens is 1. The van der Waals surface area contributed by atoms with E-state index in [4.69, 9.17) is 10.5 Å². The summed E-state index contributed by atoms with van der Waals surface area (Å²) < 4.78 is 5.53. The summed E-state index contributed by atoms with van der Waals surface area (Å²) in [7, 11) is 1.77. The van der Waals surface area contributed by atoms with E-state index in [0.29, 0.717) is 30.1 Å². The topological polar surface area (TPSA) is 68.5 Å². The van der Waals surface area contributed by atoms with Crippen LogP contribution in [0.25, 0.3) is 0 Å². The second kappa shape index (κ2) is 6.02. The molecule has 2 rings (SSSR count). The summed E-state index contributed by atoms with van der Waals surface area (Å²) in [6.45, 7) is 3.79. The molecule has 1 fully saturated rings. The standard InChI is InChI=1S/C14H21N3O2/c1-10-13(7-12(15)8-16-10)14(18)17(2)5-6-19-9-11-3-4-11/h7-8,11H,3-6,9,15H2,1-2H3. The zero-order valence-electron chi connectivity index (χ0n) is 11.6. The van der Waals surface area contributed by atoms with Gasteiger partial charge in [-0.1, -0.05) is 0 Å². The van der Waals surface area contributed by atoms with E-state index in [1.165, 1.54) is 12.8 Å². The quantitative estimate of drug-likeness (QED) is 0.789. The maximum absolute atomic E-state index is 12.2. The van der Waals surface area contributed by atoms with Gasteiger partial charge < -0.3 is 15.4 Å². The van der Waals surface area contributed by atoms with E-state index in [-0.39, 0.29) is 5.91 Å². The minimum atomic E-state index is -0.0627. The van der Waals surface area contributed by atoms with Gasteiger partial charge >= 0.3 is 0 Å². The number of carbonyl (C=O) groups is 1. The first-order chi connectivity index (χ1) is 9.08. The Balaban J connectivity index is 1.84. The molecule has 1 saturated carbocycles. The van der Waals surface area contributed by atoms with Gasteiger partial charge in [-0.25, -0.2) is 0 Å². The SMILES string of the molecule is Cc1ncc(N)cc1C(=O)N(C)CCOCC1CC1. The fraction of sp³-hybridized carbons (Fsp3) is 0.571. The second-order valence-electron chi connectivity index (χ2n) is 5.15. The molecule has 1 heterocycles. The highest BCUT2D eigenvalue weighted by Crippen LogP contribution is 2.28. The van der Waals surface area contributed by atoms with E-state index >= 15 is 0 Å². The third-order valence-corrected chi connectivity index (χ3v) is 3.31. The van der Waals surface area contributed by atoms with Crippen LogP contribution in [0.4, 0.5) is 5.69 Å². The van der Waals surface area contributed by atoms with Crippen LogP contribution in [0.15, 0.2) is 12.3 Å². The van der Waals surface area contributed by atoms with E-state index in [0.717, 1.165) is 12.5 Å². The maximum atomic E-state index is 12.2. The van der Waals surface area contributed by atoms with Crippen molar-refractivity contribution in [1.82, 2.24) is 9.88 Å². The van der Waals surface area contributed by atoms with Crippen LogP contribution in [0.2, 0.25) is 0 Å². The molecule has 19 heavy (non-hydrogen) atoms. The summed E-state index contributed by atoms with van der Waals surface area (Å²) in [6.07, 6.45) is 4.12. The van der Waals surface area contributed by atoms with Gasteiger partial charge in [0.15, 0.2) is 0 Å². The molecule has 1 amide bonds. The number of amides is 1. The average Bonchev–Trinajstić information content (AvgIpc) is 3.20. The number of carbonyl (C=O) groups excluding carboxylic acids is 1. The van der Waals surface area contributed by atoms with Crippen LogP contribution in [0.3, 0.4) is 0 Å². The molecular weight excluding hydrogens is 242 g/mol. The predicted molar refractivity (Wildman–Crippen MR) is 73.9 cm³/mol. The van der Waals surface area contributed by atoms with E-state index in [9.17, 15) is 4.79 Å². The largest absolute Gasteiger partial charge is 0.397 e. The predicted octanol–water partition coefficient (Wildman–Crippen LogP) is 1.47. The smallest absolute Gasteiger partial charge is 0.255 e. The molecule has 0 aromatic carbocycles. The van der Waals surface area contributed by atoms with Gasteiger partial charge in [-0.05, 0) is 31.7 Å². The van der Waals surface area contributed by atoms with Crippen molar-refractivity contribution in [2.24, 2.45) is 5.92 Å². The van der Waals surface area contributed by atoms with E-state index < -0.39 is 0 Å². The van der Waals surface area contributed by atoms with Gasteiger partial charge in [0.25, 0.3) is 5.91 Å². The van der Waals surface area contributed by atoms with Crippen molar-refractivity contribution in [3.63, 3.8) is 0 Å². The molecule has 0 spiro atoms. The Morgan fingerprint density at radius 2 is 2.32 bits per heavy atom. The number of hydrogen-bond donors (Lipinski definition) is 1. The van der Waals surface area contributed by atoms with Crippen LogP contribution >= 0.6 is 0 Å². The molecular formula is C14H21N3O2. The number of rotatable bonds is 6. The second-order valence-corrected chi connectivity index (χ2v) is 5.15. The highest BCUT2D eigenvalue weighted by Gasteiger charge is 2.21. The lowest BCUT2D eigenvalue weighted by Crippen LogP contribution is -2.31. The Kier molecular flexibility index (Phi) is 4.37. The van der Waals surface area contributed by atoms with Crippen LogP contribution in [-0.2, 0) is 4.74 Å². The molecule has 0 atom stereocenters. The third kappa shape index (κ3) is 3.92. The van der Waals surface area contributed by atoms with Gasteiger partial charge in [0.1, 0.15) is 0 Å². The molecule has 5 nitrogen and oxygen atoms in total. The van der Waals surface area contributed by atoms with Crippen LogP contribution < -0.4 is 5.73 Å². The first-order valence-corrected chi connectivity index (χ1v) is 6.63. The summed E-state index contributed by atoms with van der Waals surface area (Å²) in [5.74, 6) is 0.689. The number of nitrogen functional groups attached to an aromatic ring is 1. The summed E-state index contributed by atoms with van der Waals surface area (Å²) in [6, 6.07) is 1.67. The Morgan fingerprint density at radius 1 is 1.58 bits per heavy atom. The minimum absolute atomic E-state index is 0.0627. The molecule has 0 radical (unpaired) electrons. The summed E-state index contributed by atoms with van der Waals surface area (Å²) in [5, 5.41) is 0. The number of aryl methyl sites for hydroxylation is 1. The molecule has 0 aliphatic heterocycles. The molecule has 2 N–H and O–H groups in total. The lowest BCUT2D eigenvalue weighted by Gasteiger charge is -2.18. The lowest BCUT2D eigenvalue weighted by atomic mass is 10.1. The highest BCUT2D eigenvalue weighted by molar-refractivity contribution is 5.95. The number of likely N-dealkylation sites (N-methyl/N-ethyl adjacent to an activating group) is 1. The lowest BCUT2D eigenvalue weighted by molar-refractivity contribution is 0.0680. The number of nitrogens with zero attached hydrogens (tertiary/aromatic N) is 2. The molecule has 0 bridgehead atoms. The maximum Gasteiger partial charge on any atom is 0.255 e. The molecule has 1 aliphatic rings. The van der Waals surface area contributed by atoms with Gasteiger partial charge in [0.2, 0.25) is 0 Å². The Hall–Kier alpha value is -1.62. The first-order valence-electron chi connectivity index (χ1n) is 6.63. The summed E-state index contributed by atoms with van der Waals surface area (Å²) in [4.78, 5) is 18.0. The van der Waals surface area contributed by atoms with Crippen molar-refractivity contribution in [3.8, 4) is 0 Å². The summed E-state index contributed by atoms with van der Waals surface area (Å²) >= 11 is 0. The molecule has 1 aromatic heterocycles. The molecule has 1 aromatic rings. The molecule has 0 saturated heterocycles. The number of nitrogens with two attached hydrogens (primary N) is 1. The normalized spacial score (nSPS) is 14.4. The van der Waals surface area contributed by atoms with Gasteiger partial charge in [0.05, 0.1) is 29.7 Å². The Labute approximate surface area is 113 Å². The number of pyridine rings is 1. The van der Waals surface area contributed by atoms with Crippen molar-refractivity contribution in [2.75, 3.05) is 32.5 Å². The van der Waals surface area contributed by atoms with Crippen molar-refractivity contribution < 1.29 is 9.53 Å². The number of hydrogen-bond acceptors (Lipinski definition) is 4. The fourth-order valence-corrected chi connectivity index (χ4v) is 1.81. The average molecular weight is 263 g/mol. The van der Waals surface area contributed by atoms with Crippen molar-refractivity contribution in [1.29, 1.82) is 0 Å². The monoisotopic (exact) mass is 263 g/mol. The fourth-order valence-electron chi connectivity index (χ4n) is 1.81. The van der Waals surface area contributed by atoms with E-state index in [1.54, 1.807) is 24.2 Å². The van der Waals surface area contributed by atoms with Gasteiger partial charge in [-0.3, -0.25) is 9.78 Å². The Bertz CT molecular complexity index is 458. The molecule has 104 valence electrons. The Morgan fingerprint density at radius 3 is 3.00 bits per heavy atom. The van der Waals surface area contributed by atoms with E-state index in [1.807, 2.05) is 6.92 Å². The van der Waals surface area contributed by atoms with Crippen LogP contribution in [0.1, 0.15) is 28.9 Å². The molecule has 5 heteroatoms. The van der Waals surface area contributed by atoms with Crippen LogP contribution in [0.5, 0.6) is 0 Å². The third-order valence-electron chi connectivity index (χ3n) is 3.31. The highest BCUT2D eigenvalue weighted by atomic mass is 16.5. The molecule has 0 unspecified atom stereocenters. The van der Waals surface area contributed by atoms with Crippen molar-refractivity contribution in [3.05, 3.63) is 23.5 Å². The zero-order valence-corrected chi connectivity index (χ0v) is 11.6. The minimum Gasteiger partial charge on any atom is -0.397 e. The van der Waals surface area contributed by atoms with Gasteiger partial charge in [-0.15, -0.1) is 0 Å². The molecule has 1 aliphatic carbocycles. The number of ether oxygens (including phenoxy) is 1. The van der Waals surface area contributed by atoms with Crippen molar-refractivity contribution >= 4 is 11.6 Å². The van der Waals surface area contributed by atoms with Gasteiger partial charge in [0, 0.05) is 20.2 Å². The van der Waals surface area contributed by atoms with Crippen molar-refractivity contribution in [2.45, 2.75) is 19.8 Å². The first kappa shape index (κ1) is 13.8. The van der Waals surface area contributed by atoms with Crippen LogP contribution in [-0.4, -0.2) is 42.6 Å². The zero-order chi connectivity index (χ0) is 13.8. The number of anilines is 1.